The van der Waals surface area contributed by atoms with Gasteiger partial charge in [-0.05, 0) is 54.6 Å². The molecular weight excluding hydrogens is 401 g/mol. The van der Waals surface area contributed by atoms with Crippen LogP contribution in [0.25, 0.3) is 16.8 Å². The van der Waals surface area contributed by atoms with Crippen LogP contribution in [0.4, 0.5) is 9.18 Å². The molecule has 1 fully saturated rings. The molecule has 3 aromatic rings. The highest BCUT2D eigenvalue weighted by atomic mass is 32.2. The minimum absolute atomic E-state index is 0.0468. The van der Waals surface area contributed by atoms with Crippen molar-refractivity contribution in [2.75, 3.05) is 0 Å². The molecule has 0 spiro atoms. The van der Waals surface area contributed by atoms with Crippen LogP contribution in [0.1, 0.15) is 25.0 Å². The van der Waals surface area contributed by atoms with E-state index in [1.807, 2.05) is 50.2 Å². The van der Waals surface area contributed by atoms with Crippen LogP contribution in [-0.2, 0) is 11.3 Å². The van der Waals surface area contributed by atoms with Gasteiger partial charge in [-0.1, -0.05) is 48.5 Å². The number of nitrogens with zero attached hydrogens (tertiary/aromatic N) is 1. The Morgan fingerprint density at radius 3 is 2.53 bits per heavy atom. The molecule has 0 aromatic heterocycles. The summed E-state index contributed by atoms with van der Waals surface area (Å²) < 4.78 is 20.0. The molecule has 2 amide bonds. The first-order valence-electron chi connectivity index (χ1n) is 9.61. The topological polar surface area (TPSA) is 46.6 Å². The molecule has 4 rings (SSSR count). The molecule has 1 aliphatic rings. The fourth-order valence-electron chi connectivity index (χ4n) is 3.35. The smallest absolute Gasteiger partial charge is 0.293 e. The average Bonchev–Trinajstić information content (AvgIpc) is 2.98. The van der Waals surface area contributed by atoms with E-state index >= 15 is 0 Å². The summed E-state index contributed by atoms with van der Waals surface area (Å²) in [6.45, 7) is 3.77. The standard InChI is InChI=1S/C24H20FNO3S/c1-15(2)29-21-12-11-16-7-3-5-9-18(16)19(21)13-22-23(27)26(24(28)30-22)14-17-8-4-6-10-20(17)25/h3-13,15H,14H2,1-2H3. The Labute approximate surface area is 178 Å². The number of fused-ring (bicyclic) bond motifs is 1. The number of carbonyl (C=O) groups is 2. The van der Waals surface area contributed by atoms with Crippen LogP contribution >= 0.6 is 11.8 Å². The lowest BCUT2D eigenvalue weighted by Crippen LogP contribution is -2.27. The SMILES string of the molecule is CC(C)Oc1ccc2ccccc2c1C=C1SC(=O)N(Cc2ccccc2F)C1=O. The van der Waals surface area contributed by atoms with Gasteiger partial charge in [0.1, 0.15) is 11.6 Å². The summed E-state index contributed by atoms with van der Waals surface area (Å²) in [6, 6.07) is 17.8. The molecule has 30 heavy (non-hydrogen) atoms. The summed E-state index contributed by atoms with van der Waals surface area (Å²) >= 11 is 0.858. The first-order chi connectivity index (χ1) is 14.4. The molecule has 1 aliphatic heterocycles. The van der Waals surface area contributed by atoms with E-state index in [2.05, 4.69) is 0 Å². The Morgan fingerprint density at radius 1 is 1.03 bits per heavy atom. The van der Waals surface area contributed by atoms with Crippen LogP contribution in [0.15, 0.2) is 65.6 Å². The summed E-state index contributed by atoms with van der Waals surface area (Å²) in [6.07, 6.45) is 1.65. The number of amides is 2. The zero-order chi connectivity index (χ0) is 21.3. The monoisotopic (exact) mass is 421 g/mol. The van der Waals surface area contributed by atoms with Crippen LogP contribution in [0.3, 0.4) is 0 Å². The molecule has 0 atom stereocenters. The second-order valence-corrected chi connectivity index (χ2v) is 8.22. The summed E-state index contributed by atoms with van der Waals surface area (Å²) in [5.74, 6) is -0.233. The minimum atomic E-state index is -0.442. The maximum absolute atomic E-state index is 14.0. The molecule has 1 saturated heterocycles. The number of imide groups is 1. The van der Waals surface area contributed by atoms with E-state index in [4.69, 9.17) is 4.74 Å². The van der Waals surface area contributed by atoms with Gasteiger partial charge in [-0.2, -0.15) is 0 Å². The van der Waals surface area contributed by atoms with E-state index < -0.39 is 17.0 Å². The van der Waals surface area contributed by atoms with Gasteiger partial charge in [0.15, 0.2) is 0 Å². The molecule has 0 aliphatic carbocycles. The number of thioether (sulfide) groups is 1. The van der Waals surface area contributed by atoms with E-state index in [0.717, 1.165) is 33.0 Å². The van der Waals surface area contributed by atoms with Crippen LogP contribution in [-0.4, -0.2) is 22.2 Å². The summed E-state index contributed by atoms with van der Waals surface area (Å²) in [5.41, 5.74) is 1.05. The highest BCUT2D eigenvalue weighted by Crippen LogP contribution is 2.37. The number of ether oxygens (including phenoxy) is 1. The molecule has 0 radical (unpaired) electrons. The molecule has 0 unspecified atom stereocenters. The van der Waals surface area contributed by atoms with Crippen molar-refractivity contribution in [3.63, 3.8) is 0 Å². The Morgan fingerprint density at radius 2 is 1.77 bits per heavy atom. The molecule has 0 saturated carbocycles. The van der Waals surface area contributed by atoms with Gasteiger partial charge in [0.05, 0.1) is 17.6 Å². The van der Waals surface area contributed by atoms with Gasteiger partial charge in [0, 0.05) is 11.1 Å². The van der Waals surface area contributed by atoms with Gasteiger partial charge < -0.3 is 4.74 Å². The molecule has 0 N–H and O–H groups in total. The van der Waals surface area contributed by atoms with Crippen molar-refractivity contribution in [1.29, 1.82) is 0 Å². The lowest BCUT2D eigenvalue weighted by atomic mass is 10.0. The first-order valence-corrected chi connectivity index (χ1v) is 10.4. The molecule has 3 aromatic carbocycles. The van der Waals surface area contributed by atoms with Crippen LogP contribution in [0, 0.1) is 5.82 Å². The van der Waals surface area contributed by atoms with Crippen LogP contribution < -0.4 is 4.74 Å². The highest BCUT2D eigenvalue weighted by molar-refractivity contribution is 8.18. The van der Waals surface area contributed by atoms with E-state index in [0.29, 0.717) is 16.2 Å². The van der Waals surface area contributed by atoms with E-state index in [1.54, 1.807) is 24.3 Å². The molecular formula is C24H20FNO3S. The summed E-state index contributed by atoms with van der Waals surface area (Å²) in [7, 11) is 0. The third-order valence-corrected chi connectivity index (χ3v) is 5.64. The van der Waals surface area contributed by atoms with Crippen molar-refractivity contribution in [3.05, 3.63) is 82.5 Å². The van der Waals surface area contributed by atoms with E-state index in [1.165, 1.54) is 6.07 Å². The zero-order valence-electron chi connectivity index (χ0n) is 16.6. The number of hydrogen-bond donors (Lipinski definition) is 0. The number of carbonyl (C=O) groups excluding carboxylic acids is 2. The Balaban J connectivity index is 1.73. The number of rotatable bonds is 5. The predicted molar refractivity (Wildman–Crippen MR) is 118 cm³/mol. The lowest BCUT2D eigenvalue weighted by Gasteiger charge is -2.15. The fraction of sp³-hybridized carbons (Fsp3) is 0.167. The van der Waals surface area contributed by atoms with Gasteiger partial charge in [-0.3, -0.25) is 14.5 Å². The quantitative estimate of drug-likeness (QED) is 0.474. The Bertz CT molecular complexity index is 1170. The summed E-state index contributed by atoms with van der Waals surface area (Å²) in [4.78, 5) is 26.8. The lowest BCUT2D eigenvalue weighted by molar-refractivity contribution is -0.123. The van der Waals surface area contributed by atoms with Gasteiger partial charge in [0.25, 0.3) is 11.1 Å². The normalized spacial score (nSPS) is 15.6. The van der Waals surface area contributed by atoms with E-state index in [9.17, 15) is 14.0 Å². The van der Waals surface area contributed by atoms with Crippen molar-refractivity contribution >= 4 is 39.8 Å². The van der Waals surface area contributed by atoms with Crippen molar-refractivity contribution in [2.45, 2.75) is 26.5 Å². The van der Waals surface area contributed by atoms with Crippen molar-refractivity contribution in [1.82, 2.24) is 4.90 Å². The van der Waals surface area contributed by atoms with Crippen LogP contribution in [0.2, 0.25) is 0 Å². The van der Waals surface area contributed by atoms with Crippen molar-refractivity contribution < 1.29 is 18.7 Å². The number of halogens is 1. The molecule has 6 heteroatoms. The predicted octanol–water partition coefficient (Wildman–Crippen LogP) is 6.00. The maximum atomic E-state index is 14.0. The van der Waals surface area contributed by atoms with E-state index in [-0.39, 0.29) is 12.6 Å². The number of benzene rings is 3. The molecule has 152 valence electrons. The van der Waals surface area contributed by atoms with Crippen molar-refractivity contribution in [3.8, 4) is 5.75 Å². The minimum Gasteiger partial charge on any atom is -0.490 e. The molecule has 1 heterocycles. The molecule has 0 bridgehead atoms. The van der Waals surface area contributed by atoms with Crippen molar-refractivity contribution in [2.24, 2.45) is 0 Å². The first kappa shape index (κ1) is 20.2. The Hall–Kier alpha value is -3.12. The number of hydrogen-bond acceptors (Lipinski definition) is 4. The second kappa shape index (κ2) is 8.32. The van der Waals surface area contributed by atoms with Gasteiger partial charge in [0.2, 0.25) is 0 Å². The van der Waals surface area contributed by atoms with Crippen LogP contribution in [0.5, 0.6) is 5.75 Å². The highest BCUT2D eigenvalue weighted by Gasteiger charge is 2.35. The maximum Gasteiger partial charge on any atom is 0.293 e. The third-order valence-electron chi connectivity index (χ3n) is 4.73. The van der Waals surface area contributed by atoms with Gasteiger partial charge in [-0.15, -0.1) is 0 Å². The van der Waals surface area contributed by atoms with Gasteiger partial charge in [-0.25, -0.2) is 4.39 Å². The molecule has 4 nitrogen and oxygen atoms in total. The second-order valence-electron chi connectivity index (χ2n) is 7.22. The zero-order valence-corrected chi connectivity index (χ0v) is 17.4. The fourth-order valence-corrected chi connectivity index (χ4v) is 4.17. The Kier molecular flexibility index (Phi) is 5.59. The summed E-state index contributed by atoms with van der Waals surface area (Å²) in [5, 5.41) is 1.52. The average molecular weight is 421 g/mol. The largest absolute Gasteiger partial charge is 0.490 e. The van der Waals surface area contributed by atoms with Gasteiger partial charge >= 0.3 is 0 Å². The third kappa shape index (κ3) is 3.96.